The van der Waals surface area contributed by atoms with Crippen molar-refractivity contribution in [2.75, 3.05) is 25.6 Å². The fraction of sp³-hybridized carbons (Fsp3) is 0.250. The molecule has 106 valence electrons. The summed E-state index contributed by atoms with van der Waals surface area (Å²) in [5.41, 5.74) is 1.59. The van der Waals surface area contributed by atoms with E-state index in [9.17, 15) is 4.39 Å². The van der Waals surface area contributed by atoms with Gasteiger partial charge in [-0.3, -0.25) is 0 Å². The van der Waals surface area contributed by atoms with E-state index < -0.39 is 0 Å². The van der Waals surface area contributed by atoms with Crippen LogP contribution < -0.4 is 14.8 Å². The van der Waals surface area contributed by atoms with Gasteiger partial charge in [-0.25, -0.2) is 4.39 Å². The molecule has 1 N–H and O–H groups in total. The molecule has 0 amide bonds. The summed E-state index contributed by atoms with van der Waals surface area (Å²) in [5, 5.41) is 2.99. The van der Waals surface area contributed by atoms with Gasteiger partial charge < -0.3 is 14.8 Å². The molecule has 0 bridgehead atoms. The summed E-state index contributed by atoms with van der Waals surface area (Å²) >= 11 is 0. The van der Waals surface area contributed by atoms with Crippen LogP contribution in [0.2, 0.25) is 0 Å². The molecule has 0 aliphatic carbocycles. The van der Waals surface area contributed by atoms with Crippen molar-refractivity contribution < 1.29 is 13.9 Å². The lowest BCUT2D eigenvalue weighted by molar-refractivity contribution is 0.305. The Kier molecular flexibility index (Phi) is 4.82. The van der Waals surface area contributed by atoms with Gasteiger partial charge in [-0.05, 0) is 36.8 Å². The summed E-state index contributed by atoms with van der Waals surface area (Å²) in [6, 6.07) is 12.3. The number of aryl methyl sites for hydroxylation is 1. The van der Waals surface area contributed by atoms with Gasteiger partial charge in [0.05, 0.1) is 12.8 Å². The second-order valence-electron chi connectivity index (χ2n) is 4.41. The van der Waals surface area contributed by atoms with Gasteiger partial charge in [-0.1, -0.05) is 18.2 Å². The van der Waals surface area contributed by atoms with Crippen molar-refractivity contribution in [3.8, 4) is 11.5 Å². The predicted octanol–water partition coefficient (Wildman–Crippen LogP) is 3.63. The van der Waals surface area contributed by atoms with Crippen LogP contribution in [-0.2, 0) is 0 Å². The highest BCUT2D eigenvalue weighted by atomic mass is 19.1. The van der Waals surface area contributed by atoms with Crippen molar-refractivity contribution in [2.24, 2.45) is 0 Å². The lowest BCUT2D eigenvalue weighted by atomic mass is 10.2. The maximum absolute atomic E-state index is 13.4. The first kappa shape index (κ1) is 14.2. The number of methoxy groups -OCH3 is 1. The second kappa shape index (κ2) is 6.80. The quantitative estimate of drug-likeness (QED) is 0.817. The summed E-state index contributed by atoms with van der Waals surface area (Å²) in [5.74, 6) is 1.13. The highest BCUT2D eigenvalue weighted by molar-refractivity contribution is 5.44. The number of nitrogens with one attached hydrogen (secondary N) is 1. The van der Waals surface area contributed by atoms with Crippen molar-refractivity contribution in [2.45, 2.75) is 6.92 Å². The molecule has 0 saturated heterocycles. The molecule has 2 aromatic rings. The van der Waals surface area contributed by atoms with E-state index in [1.54, 1.807) is 25.3 Å². The fourth-order valence-corrected chi connectivity index (χ4v) is 1.85. The highest BCUT2D eigenvalue weighted by Crippen LogP contribution is 2.27. The smallest absolute Gasteiger partial charge is 0.161 e. The third-order valence-corrected chi connectivity index (χ3v) is 2.87. The Morgan fingerprint density at radius 2 is 1.90 bits per heavy atom. The third-order valence-electron chi connectivity index (χ3n) is 2.87. The van der Waals surface area contributed by atoms with Gasteiger partial charge in [0.15, 0.2) is 11.5 Å². The molecule has 0 unspecified atom stereocenters. The van der Waals surface area contributed by atoms with E-state index in [2.05, 4.69) is 5.32 Å². The van der Waals surface area contributed by atoms with Gasteiger partial charge in [-0.15, -0.1) is 0 Å². The number of benzene rings is 2. The van der Waals surface area contributed by atoms with E-state index in [-0.39, 0.29) is 5.82 Å². The Morgan fingerprint density at radius 1 is 1.10 bits per heavy atom. The monoisotopic (exact) mass is 275 g/mol. The fourth-order valence-electron chi connectivity index (χ4n) is 1.85. The second-order valence-corrected chi connectivity index (χ2v) is 4.41. The first-order valence-corrected chi connectivity index (χ1v) is 6.46. The number of hydrogen-bond donors (Lipinski definition) is 1. The number of hydrogen-bond acceptors (Lipinski definition) is 3. The molecule has 0 atom stereocenters. The molecule has 0 aliphatic rings. The molecule has 0 saturated carbocycles. The van der Waals surface area contributed by atoms with Crippen LogP contribution in [-0.4, -0.2) is 20.3 Å². The van der Waals surface area contributed by atoms with Crippen molar-refractivity contribution in [3.05, 3.63) is 53.8 Å². The van der Waals surface area contributed by atoms with E-state index in [0.29, 0.717) is 30.3 Å². The zero-order chi connectivity index (χ0) is 14.4. The zero-order valence-corrected chi connectivity index (χ0v) is 11.7. The molecule has 0 heterocycles. The van der Waals surface area contributed by atoms with Crippen molar-refractivity contribution in [1.29, 1.82) is 0 Å². The van der Waals surface area contributed by atoms with E-state index in [1.165, 1.54) is 6.07 Å². The van der Waals surface area contributed by atoms with Crippen LogP contribution in [0.5, 0.6) is 11.5 Å². The van der Waals surface area contributed by atoms with Gasteiger partial charge in [0.2, 0.25) is 0 Å². The summed E-state index contributed by atoms with van der Waals surface area (Å²) in [4.78, 5) is 0. The van der Waals surface area contributed by atoms with E-state index in [0.717, 1.165) is 5.56 Å². The van der Waals surface area contributed by atoms with Gasteiger partial charge in [0.25, 0.3) is 0 Å². The summed E-state index contributed by atoms with van der Waals surface area (Å²) in [6.45, 7) is 2.93. The molecule has 2 aromatic carbocycles. The first-order chi connectivity index (χ1) is 9.70. The molecule has 20 heavy (non-hydrogen) atoms. The van der Waals surface area contributed by atoms with Crippen molar-refractivity contribution in [1.82, 2.24) is 0 Å². The summed E-state index contributed by atoms with van der Waals surface area (Å²) < 4.78 is 24.3. The lowest BCUT2D eigenvalue weighted by Gasteiger charge is -2.12. The topological polar surface area (TPSA) is 30.5 Å². The predicted molar refractivity (Wildman–Crippen MR) is 78.1 cm³/mol. The molecule has 0 aromatic heterocycles. The SMILES string of the molecule is COc1cc(C)ccc1OCCNc1ccccc1F. The van der Waals surface area contributed by atoms with Gasteiger partial charge in [-0.2, -0.15) is 0 Å². The molecule has 0 radical (unpaired) electrons. The van der Waals surface area contributed by atoms with Crippen molar-refractivity contribution in [3.63, 3.8) is 0 Å². The van der Waals surface area contributed by atoms with Crippen LogP contribution >= 0.6 is 0 Å². The first-order valence-electron chi connectivity index (χ1n) is 6.46. The Bertz CT molecular complexity index is 572. The number of ether oxygens (including phenoxy) is 2. The van der Waals surface area contributed by atoms with E-state index >= 15 is 0 Å². The molecular formula is C16H18FNO2. The molecule has 2 rings (SSSR count). The Hall–Kier alpha value is -2.23. The van der Waals surface area contributed by atoms with Gasteiger partial charge in [0.1, 0.15) is 12.4 Å². The highest BCUT2D eigenvalue weighted by Gasteiger charge is 2.04. The molecule has 0 aliphatic heterocycles. The van der Waals surface area contributed by atoms with E-state index in [4.69, 9.17) is 9.47 Å². The van der Waals surface area contributed by atoms with Crippen LogP contribution in [0.4, 0.5) is 10.1 Å². The minimum absolute atomic E-state index is 0.264. The molecule has 0 fully saturated rings. The minimum atomic E-state index is -0.264. The average molecular weight is 275 g/mol. The van der Waals surface area contributed by atoms with E-state index in [1.807, 2.05) is 25.1 Å². The van der Waals surface area contributed by atoms with Crippen LogP contribution in [0.1, 0.15) is 5.56 Å². The number of halogens is 1. The Balaban J connectivity index is 1.86. The number of anilines is 1. The normalized spacial score (nSPS) is 10.2. The summed E-state index contributed by atoms with van der Waals surface area (Å²) in [7, 11) is 1.61. The minimum Gasteiger partial charge on any atom is -0.493 e. The lowest BCUT2D eigenvalue weighted by Crippen LogP contribution is -2.12. The Morgan fingerprint density at radius 3 is 2.65 bits per heavy atom. The maximum Gasteiger partial charge on any atom is 0.161 e. The number of para-hydroxylation sites is 1. The Labute approximate surface area is 118 Å². The standard InChI is InChI=1S/C16H18FNO2/c1-12-7-8-15(16(11-12)19-2)20-10-9-18-14-6-4-3-5-13(14)17/h3-8,11,18H,9-10H2,1-2H3. The number of rotatable bonds is 6. The summed E-state index contributed by atoms with van der Waals surface area (Å²) in [6.07, 6.45) is 0. The molecule has 3 nitrogen and oxygen atoms in total. The third kappa shape index (κ3) is 3.63. The van der Waals surface area contributed by atoms with Crippen LogP contribution in [0.15, 0.2) is 42.5 Å². The van der Waals surface area contributed by atoms with Crippen molar-refractivity contribution >= 4 is 5.69 Å². The van der Waals surface area contributed by atoms with Gasteiger partial charge in [0, 0.05) is 6.54 Å². The molecule has 4 heteroatoms. The van der Waals surface area contributed by atoms with Crippen LogP contribution in [0.3, 0.4) is 0 Å². The van der Waals surface area contributed by atoms with Gasteiger partial charge >= 0.3 is 0 Å². The van der Waals surface area contributed by atoms with Crippen LogP contribution in [0, 0.1) is 12.7 Å². The largest absolute Gasteiger partial charge is 0.493 e. The van der Waals surface area contributed by atoms with Crippen LogP contribution in [0.25, 0.3) is 0 Å². The average Bonchev–Trinajstić information content (AvgIpc) is 2.46. The molecule has 0 spiro atoms. The zero-order valence-electron chi connectivity index (χ0n) is 11.7. The maximum atomic E-state index is 13.4. The molecular weight excluding hydrogens is 257 g/mol.